The second-order valence-electron chi connectivity index (χ2n) is 8.05. The number of nitrogens with one attached hydrogen (secondary N) is 1. The van der Waals surface area contributed by atoms with Crippen LogP contribution in [-0.2, 0) is 4.79 Å². The number of nitrogens with zero attached hydrogens (tertiary/aromatic N) is 2. The zero-order valence-electron chi connectivity index (χ0n) is 15.7. The van der Waals surface area contributed by atoms with Gasteiger partial charge in [-0.3, -0.25) is 9.69 Å². The van der Waals surface area contributed by atoms with Crippen molar-refractivity contribution in [3.05, 3.63) is 0 Å². The molecule has 140 valence electrons. The molecule has 5 nitrogen and oxygen atoms in total. The van der Waals surface area contributed by atoms with Gasteiger partial charge in [0.1, 0.15) is 0 Å². The number of aliphatic hydroxyl groups excluding tert-OH is 1. The molecule has 1 heterocycles. The van der Waals surface area contributed by atoms with E-state index in [0.717, 1.165) is 39.0 Å². The van der Waals surface area contributed by atoms with E-state index in [1.54, 1.807) is 0 Å². The molecule has 2 aliphatic rings. The van der Waals surface area contributed by atoms with Crippen LogP contribution < -0.4 is 5.32 Å². The number of hydrogen-bond donors (Lipinski definition) is 2. The van der Waals surface area contributed by atoms with Crippen LogP contribution in [0.3, 0.4) is 0 Å². The summed E-state index contributed by atoms with van der Waals surface area (Å²) in [7, 11) is 2.06. The maximum atomic E-state index is 12.3. The van der Waals surface area contributed by atoms with Crippen molar-refractivity contribution < 1.29 is 9.90 Å². The Hall–Kier alpha value is -0.650. The zero-order chi connectivity index (χ0) is 17.4. The van der Waals surface area contributed by atoms with Gasteiger partial charge in [-0.15, -0.1) is 0 Å². The molecule has 0 bridgehead atoms. The van der Waals surface area contributed by atoms with E-state index in [9.17, 15) is 9.90 Å². The molecule has 5 heteroatoms. The lowest BCUT2D eigenvalue weighted by atomic mass is 9.96. The van der Waals surface area contributed by atoms with Crippen LogP contribution in [-0.4, -0.2) is 72.7 Å². The molecule has 1 atom stereocenters. The van der Waals surface area contributed by atoms with Crippen LogP contribution in [0.25, 0.3) is 0 Å². The van der Waals surface area contributed by atoms with Crippen molar-refractivity contribution in [1.82, 2.24) is 15.1 Å². The fraction of sp³-hybridized carbons (Fsp3) is 0.947. The molecule has 1 saturated carbocycles. The maximum absolute atomic E-state index is 12.3. The van der Waals surface area contributed by atoms with E-state index in [-0.39, 0.29) is 12.0 Å². The van der Waals surface area contributed by atoms with Crippen molar-refractivity contribution in [2.45, 2.75) is 70.4 Å². The Labute approximate surface area is 147 Å². The highest BCUT2D eigenvalue weighted by atomic mass is 16.3. The molecule has 1 aliphatic carbocycles. The molecule has 24 heavy (non-hydrogen) atoms. The van der Waals surface area contributed by atoms with Gasteiger partial charge >= 0.3 is 0 Å². The van der Waals surface area contributed by atoms with Gasteiger partial charge in [0.2, 0.25) is 5.91 Å². The molecule has 0 spiro atoms. The maximum Gasteiger partial charge on any atom is 0.234 e. The van der Waals surface area contributed by atoms with E-state index in [0.29, 0.717) is 18.5 Å². The molecule has 1 unspecified atom stereocenters. The number of piperidine rings is 1. The number of likely N-dealkylation sites (N-methyl/N-ethyl adjacent to an activating group) is 1. The van der Waals surface area contributed by atoms with E-state index in [2.05, 4.69) is 22.2 Å². The van der Waals surface area contributed by atoms with Gasteiger partial charge in [0.25, 0.3) is 0 Å². The summed E-state index contributed by atoms with van der Waals surface area (Å²) in [6.07, 6.45) is 9.55. The van der Waals surface area contributed by atoms with Crippen molar-refractivity contribution in [2.75, 3.05) is 39.8 Å². The lowest BCUT2D eigenvalue weighted by Crippen LogP contribution is -2.44. The Morgan fingerprint density at radius 3 is 2.38 bits per heavy atom. The fourth-order valence-corrected chi connectivity index (χ4v) is 4.17. The Morgan fingerprint density at radius 1 is 1.17 bits per heavy atom. The molecule has 0 aromatic rings. The highest BCUT2D eigenvalue weighted by Gasteiger charge is 2.22. The second kappa shape index (κ2) is 10.4. The van der Waals surface area contributed by atoms with E-state index in [1.807, 2.05) is 6.92 Å². The number of carbonyl (C=O) groups excluding carboxylic acids is 1. The van der Waals surface area contributed by atoms with Crippen LogP contribution in [0.1, 0.15) is 58.3 Å². The average Bonchev–Trinajstić information content (AvgIpc) is 2.77. The van der Waals surface area contributed by atoms with Gasteiger partial charge in [0.05, 0.1) is 12.6 Å². The minimum absolute atomic E-state index is 0.191. The van der Waals surface area contributed by atoms with Crippen molar-refractivity contribution in [1.29, 1.82) is 0 Å². The molecule has 0 radical (unpaired) electrons. The quantitative estimate of drug-likeness (QED) is 0.695. The van der Waals surface area contributed by atoms with Gasteiger partial charge in [-0.1, -0.05) is 25.7 Å². The third kappa shape index (κ3) is 7.49. The van der Waals surface area contributed by atoms with Crippen LogP contribution in [0.4, 0.5) is 0 Å². The highest BCUT2D eigenvalue weighted by Crippen LogP contribution is 2.19. The third-order valence-corrected chi connectivity index (χ3v) is 5.43. The zero-order valence-corrected chi connectivity index (χ0v) is 15.7. The second-order valence-corrected chi connectivity index (χ2v) is 8.05. The predicted molar refractivity (Wildman–Crippen MR) is 98.0 cm³/mol. The molecular weight excluding hydrogens is 302 g/mol. The average molecular weight is 340 g/mol. The van der Waals surface area contributed by atoms with Crippen LogP contribution in [0.15, 0.2) is 0 Å². The predicted octanol–water partition coefficient (Wildman–Crippen LogP) is 1.85. The summed E-state index contributed by atoms with van der Waals surface area (Å²) in [6.45, 7) is 6.29. The summed E-state index contributed by atoms with van der Waals surface area (Å²) in [4.78, 5) is 16.8. The van der Waals surface area contributed by atoms with E-state index in [4.69, 9.17) is 0 Å². The number of aliphatic hydroxyl groups is 1. The molecule has 2 fully saturated rings. The van der Waals surface area contributed by atoms with E-state index < -0.39 is 0 Å². The molecule has 1 amide bonds. The Bertz CT molecular complexity index is 360. The van der Waals surface area contributed by atoms with Gasteiger partial charge in [-0.05, 0) is 58.7 Å². The molecule has 2 rings (SSSR count). The minimum Gasteiger partial charge on any atom is -0.392 e. The Morgan fingerprint density at radius 2 is 1.79 bits per heavy atom. The van der Waals surface area contributed by atoms with E-state index >= 15 is 0 Å². The van der Waals surface area contributed by atoms with Gasteiger partial charge < -0.3 is 15.3 Å². The van der Waals surface area contributed by atoms with E-state index in [1.165, 1.54) is 38.5 Å². The van der Waals surface area contributed by atoms with Crippen molar-refractivity contribution in [2.24, 2.45) is 5.92 Å². The summed E-state index contributed by atoms with van der Waals surface area (Å²) in [5.41, 5.74) is 0. The van der Waals surface area contributed by atoms with Gasteiger partial charge in [-0.25, -0.2) is 0 Å². The van der Waals surface area contributed by atoms with Crippen LogP contribution >= 0.6 is 0 Å². The first kappa shape index (κ1) is 19.7. The normalized spacial score (nSPS) is 23.2. The summed E-state index contributed by atoms with van der Waals surface area (Å²) < 4.78 is 0. The van der Waals surface area contributed by atoms with Crippen LogP contribution in [0, 0.1) is 5.92 Å². The summed E-state index contributed by atoms with van der Waals surface area (Å²) in [5, 5.41) is 12.7. The fourth-order valence-electron chi connectivity index (χ4n) is 4.17. The monoisotopic (exact) mass is 339 g/mol. The summed E-state index contributed by atoms with van der Waals surface area (Å²) in [6, 6.07) is 0.400. The number of amides is 1. The Balaban J connectivity index is 1.62. The number of hydrogen-bond acceptors (Lipinski definition) is 4. The topological polar surface area (TPSA) is 55.8 Å². The molecule has 2 N–H and O–H groups in total. The van der Waals surface area contributed by atoms with Crippen LogP contribution in [0.5, 0.6) is 0 Å². The van der Waals surface area contributed by atoms with Crippen molar-refractivity contribution >= 4 is 5.91 Å². The van der Waals surface area contributed by atoms with Crippen molar-refractivity contribution in [3.63, 3.8) is 0 Å². The van der Waals surface area contributed by atoms with Gasteiger partial charge in [0.15, 0.2) is 0 Å². The first-order valence-electron chi connectivity index (χ1n) is 9.91. The largest absolute Gasteiger partial charge is 0.392 e. The number of rotatable bonds is 7. The third-order valence-electron chi connectivity index (χ3n) is 5.43. The summed E-state index contributed by atoms with van der Waals surface area (Å²) >= 11 is 0. The molecule has 1 saturated heterocycles. The standard InChI is InChI=1S/C19H37N3O2/c1-16(23)13-22-11-9-17(10-12-22)14-21(2)15-19(24)20-18-7-5-3-4-6-8-18/h16-18,23H,3-15H2,1-2H3,(H,20,24). The van der Waals surface area contributed by atoms with Gasteiger partial charge in [-0.2, -0.15) is 0 Å². The number of β-amino-alcohol motifs (C(OH)–C–C–N with tert-alkyl or cyclic N) is 1. The number of likely N-dealkylation sites (tertiary alicyclic amines) is 1. The lowest BCUT2D eigenvalue weighted by Gasteiger charge is -2.34. The Kier molecular flexibility index (Phi) is 8.50. The SMILES string of the molecule is CC(O)CN1CCC(CN(C)CC(=O)NC2CCCCCC2)CC1. The summed E-state index contributed by atoms with van der Waals surface area (Å²) in [5.74, 6) is 0.863. The lowest BCUT2D eigenvalue weighted by molar-refractivity contribution is -0.122. The van der Waals surface area contributed by atoms with Crippen molar-refractivity contribution in [3.8, 4) is 0 Å². The molecule has 0 aromatic carbocycles. The van der Waals surface area contributed by atoms with Gasteiger partial charge in [0, 0.05) is 19.1 Å². The highest BCUT2D eigenvalue weighted by molar-refractivity contribution is 5.78. The number of carbonyl (C=O) groups is 1. The first-order valence-corrected chi connectivity index (χ1v) is 9.91. The molecule has 0 aromatic heterocycles. The first-order chi connectivity index (χ1) is 11.5. The van der Waals surface area contributed by atoms with Crippen LogP contribution in [0.2, 0.25) is 0 Å². The smallest absolute Gasteiger partial charge is 0.234 e. The minimum atomic E-state index is -0.239. The molecular formula is C19H37N3O2. The molecule has 1 aliphatic heterocycles.